The third kappa shape index (κ3) is 2.66. The average Bonchev–Trinajstić information content (AvgIpc) is 2.30. The minimum absolute atomic E-state index is 0.407. The van der Waals surface area contributed by atoms with E-state index >= 15 is 0 Å². The van der Waals surface area contributed by atoms with Crippen molar-refractivity contribution in [2.75, 3.05) is 25.1 Å². The van der Waals surface area contributed by atoms with Gasteiger partial charge in [-0.3, -0.25) is 0 Å². The number of hydrogen-bond acceptors (Lipinski definition) is 4. The molecule has 5 heteroatoms. The quantitative estimate of drug-likeness (QED) is 0.823. The second-order valence-corrected chi connectivity index (χ2v) is 4.43. The van der Waals surface area contributed by atoms with Crippen LogP contribution in [0.4, 0.5) is 5.82 Å². The third-order valence-electron chi connectivity index (χ3n) is 2.71. The smallest absolute Gasteiger partial charge is 0.147 e. The summed E-state index contributed by atoms with van der Waals surface area (Å²) >= 11 is 3.28. The van der Waals surface area contributed by atoms with Crippen molar-refractivity contribution in [1.82, 2.24) is 9.97 Å². The first kappa shape index (κ1) is 10.8. The summed E-state index contributed by atoms with van der Waals surface area (Å²) in [6, 6.07) is 0. The molecule has 0 spiro atoms. The molecule has 2 heterocycles. The van der Waals surface area contributed by atoms with Gasteiger partial charge in [-0.2, -0.15) is 0 Å². The highest BCUT2D eigenvalue weighted by atomic mass is 79.9. The number of hydrogen-bond donors (Lipinski definition) is 0. The van der Waals surface area contributed by atoms with Crippen LogP contribution in [0.1, 0.15) is 12.8 Å². The Balaban J connectivity index is 1.98. The van der Waals surface area contributed by atoms with Crippen molar-refractivity contribution in [3.63, 3.8) is 0 Å². The first-order chi connectivity index (χ1) is 7.29. The Bertz CT molecular complexity index is 309. The van der Waals surface area contributed by atoms with Crippen LogP contribution in [0.5, 0.6) is 0 Å². The molecule has 1 saturated heterocycles. The number of rotatable bonds is 2. The Morgan fingerprint density at radius 1 is 1.33 bits per heavy atom. The van der Waals surface area contributed by atoms with Crippen LogP contribution in [0.2, 0.25) is 0 Å². The summed E-state index contributed by atoms with van der Waals surface area (Å²) in [6.07, 6.45) is 6.07. The molecule has 0 aromatic carbocycles. The Morgan fingerprint density at radius 2 is 2.07 bits per heavy atom. The molecule has 82 valence electrons. The van der Waals surface area contributed by atoms with E-state index in [1.54, 1.807) is 19.5 Å². The van der Waals surface area contributed by atoms with Crippen LogP contribution in [-0.2, 0) is 4.74 Å². The van der Waals surface area contributed by atoms with E-state index in [0.29, 0.717) is 6.10 Å². The largest absolute Gasteiger partial charge is 0.381 e. The summed E-state index contributed by atoms with van der Waals surface area (Å²) in [6.45, 7) is 1.99. The lowest BCUT2D eigenvalue weighted by Gasteiger charge is -2.31. The highest BCUT2D eigenvalue weighted by Crippen LogP contribution is 2.19. The van der Waals surface area contributed by atoms with Gasteiger partial charge in [-0.1, -0.05) is 0 Å². The van der Waals surface area contributed by atoms with Gasteiger partial charge in [0, 0.05) is 20.2 Å². The Kier molecular flexibility index (Phi) is 3.53. The number of halogens is 1. The van der Waals surface area contributed by atoms with E-state index in [-0.39, 0.29) is 0 Å². The zero-order chi connectivity index (χ0) is 10.7. The van der Waals surface area contributed by atoms with Gasteiger partial charge < -0.3 is 9.64 Å². The van der Waals surface area contributed by atoms with Crippen molar-refractivity contribution in [3.8, 4) is 0 Å². The second kappa shape index (κ2) is 4.90. The van der Waals surface area contributed by atoms with Crippen LogP contribution in [0.25, 0.3) is 0 Å². The van der Waals surface area contributed by atoms with Crippen LogP contribution in [0.3, 0.4) is 0 Å². The van der Waals surface area contributed by atoms with E-state index in [2.05, 4.69) is 30.8 Å². The lowest BCUT2D eigenvalue weighted by molar-refractivity contribution is 0.0818. The summed E-state index contributed by atoms with van der Waals surface area (Å²) in [5, 5.41) is 0. The van der Waals surface area contributed by atoms with E-state index in [1.165, 1.54) is 0 Å². The minimum atomic E-state index is 0.407. The van der Waals surface area contributed by atoms with Crippen molar-refractivity contribution < 1.29 is 4.74 Å². The van der Waals surface area contributed by atoms with Crippen LogP contribution in [0, 0.1) is 0 Å². The van der Waals surface area contributed by atoms with Gasteiger partial charge in [0.1, 0.15) is 10.4 Å². The van der Waals surface area contributed by atoms with Crippen molar-refractivity contribution >= 4 is 21.7 Å². The normalized spacial score (nSPS) is 18.1. The fourth-order valence-corrected chi connectivity index (χ4v) is 1.99. The molecule has 4 nitrogen and oxygen atoms in total. The molecule has 0 radical (unpaired) electrons. The minimum Gasteiger partial charge on any atom is -0.381 e. The monoisotopic (exact) mass is 271 g/mol. The number of piperidine rings is 1. The predicted octanol–water partition coefficient (Wildman–Crippen LogP) is 1.85. The molecule has 0 N–H and O–H groups in total. The fraction of sp³-hybridized carbons (Fsp3) is 0.600. The second-order valence-electron chi connectivity index (χ2n) is 3.62. The fourth-order valence-electron chi connectivity index (χ4n) is 1.79. The summed E-state index contributed by atoms with van der Waals surface area (Å²) < 4.78 is 6.10. The lowest BCUT2D eigenvalue weighted by atomic mass is 10.1. The van der Waals surface area contributed by atoms with Crippen molar-refractivity contribution in [2.24, 2.45) is 0 Å². The topological polar surface area (TPSA) is 38.2 Å². The first-order valence-electron chi connectivity index (χ1n) is 5.05. The molecule has 0 saturated carbocycles. The summed E-state index contributed by atoms with van der Waals surface area (Å²) in [5.41, 5.74) is 0. The number of anilines is 1. The highest BCUT2D eigenvalue weighted by molar-refractivity contribution is 9.10. The van der Waals surface area contributed by atoms with Gasteiger partial charge in [-0.25, -0.2) is 9.97 Å². The van der Waals surface area contributed by atoms with Crippen LogP contribution in [0.15, 0.2) is 17.0 Å². The zero-order valence-corrected chi connectivity index (χ0v) is 10.3. The SMILES string of the molecule is COC1CCN(c2cnc(Br)cn2)CC1. The van der Waals surface area contributed by atoms with Crippen LogP contribution >= 0.6 is 15.9 Å². The standard InChI is InChI=1S/C10H14BrN3O/c1-15-8-2-4-14(5-3-8)10-7-12-9(11)6-13-10/h6-8H,2-5H2,1H3. The molecule has 0 amide bonds. The Hall–Kier alpha value is -0.680. The first-order valence-corrected chi connectivity index (χ1v) is 5.84. The third-order valence-corrected chi connectivity index (χ3v) is 3.12. The van der Waals surface area contributed by atoms with E-state index in [9.17, 15) is 0 Å². The van der Waals surface area contributed by atoms with Gasteiger partial charge in [0.2, 0.25) is 0 Å². The van der Waals surface area contributed by atoms with Gasteiger partial charge >= 0.3 is 0 Å². The van der Waals surface area contributed by atoms with Gasteiger partial charge in [0.05, 0.1) is 18.5 Å². The molecule has 2 rings (SSSR count). The molecule has 0 unspecified atom stereocenters. The van der Waals surface area contributed by atoms with Crippen LogP contribution in [-0.4, -0.2) is 36.3 Å². The maximum atomic E-state index is 5.32. The molecule has 1 aliphatic rings. The number of methoxy groups -OCH3 is 1. The van der Waals surface area contributed by atoms with E-state index in [4.69, 9.17) is 4.74 Å². The van der Waals surface area contributed by atoms with Crippen molar-refractivity contribution in [1.29, 1.82) is 0 Å². The molecular formula is C10H14BrN3O. The highest BCUT2D eigenvalue weighted by Gasteiger charge is 2.19. The maximum Gasteiger partial charge on any atom is 0.147 e. The summed E-state index contributed by atoms with van der Waals surface area (Å²) in [7, 11) is 1.78. The zero-order valence-electron chi connectivity index (χ0n) is 8.69. The average molecular weight is 272 g/mol. The van der Waals surface area contributed by atoms with Crippen molar-refractivity contribution in [3.05, 3.63) is 17.0 Å². The molecule has 1 aliphatic heterocycles. The number of aromatic nitrogens is 2. The maximum absolute atomic E-state index is 5.32. The van der Waals surface area contributed by atoms with Gasteiger partial charge in [0.15, 0.2) is 0 Å². The Labute approximate surface area is 97.8 Å². The predicted molar refractivity (Wildman–Crippen MR) is 62.0 cm³/mol. The van der Waals surface area contributed by atoms with Gasteiger partial charge in [0.25, 0.3) is 0 Å². The molecule has 1 aromatic heterocycles. The molecule has 0 atom stereocenters. The molecule has 1 fully saturated rings. The molecule has 0 aliphatic carbocycles. The van der Waals surface area contributed by atoms with Crippen molar-refractivity contribution in [2.45, 2.75) is 18.9 Å². The number of ether oxygens (including phenoxy) is 1. The van der Waals surface area contributed by atoms with Gasteiger partial charge in [-0.05, 0) is 28.8 Å². The summed E-state index contributed by atoms with van der Waals surface area (Å²) in [4.78, 5) is 10.7. The number of nitrogens with zero attached hydrogens (tertiary/aromatic N) is 3. The van der Waals surface area contributed by atoms with Gasteiger partial charge in [-0.15, -0.1) is 0 Å². The lowest BCUT2D eigenvalue weighted by Crippen LogP contribution is -2.37. The molecule has 15 heavy (non-hydrogen) atoms. The van der Waals surface area contributed by atoms with E-state index in [0.717, 1.165) is 36.4 Å². The van der Waals surface area contributed by atoms with E-state index < -0.39 is 0 Å². The summed E-state index contributed by atoms with van der Waals surface area (Å²) in [5.74, 6) is 0.952. The molecular weight excluding hydrogens is 258 g/mol. The molecule has 0 bridgehead atoms. The Morgan fingerprint density at radius 3 is 2.60 bits per heavy atom. The molecule has 1 aromatic rings. The van der Waals surface area contributed by atoms with E-state index in [1.807, 2.05) is 0 Å². The van der Waals surface area contributed by atoms with Crippen LogP contribution < -0.4 is 4.90 Å².